The van der Waals surface area contributed by atoms with Crippen LogP contribution in [0.3, 0.4) is 0 Å². The lowest BCUT2D eigenvalue weighted by Crippen LogP contribution is -2.19. The number of hydrogen-bond acceptors (Lipinski definition) is 3. The van der Waals surface area contributed by atoms with Crippen molar-refractivity contribution in [2.24, 2.45) is 0 Å². The lowest BCUT2D eigenvalue weighted by Gasteiger charge is -2.08. The first-order valence-corrected chi connectivity index (χ1v) is 7.17. The molecule has 0 aliphatic carbocycles. The zero-order valence-corrected chi connectivity index (χ0v) is 12.2. The normalized spacial score (nSPS) is 11.1. The number of fused-ring (bicyclic) bond motifs is 1. The van der Waals surface area contributed by atoms with Gasteiger partial charge in [0.2, 0.25) is 0 Å². The second kappa shape index (κ2) is 4.43. The summed E-state index contributed by atoms with van der Waals surface area (Å²) in [6, 6.07) is 7.79. The highest BCUT2D eigenvalue weighted by molar-refractivity contribution is 7.71. The second-order valence-corrected chi connectivity index (χ2v) is 5.81. The number of aryl methyl sites for hydroxylation is 2. The molecule has 0 bridgehead atoms. The molecular formula is C14H12N2OS2. The molecule has 0 spiro atoms. The minimum atomic E-state index is -0.0583. The standard InChI is InChI=1S/C14H12N2OS2/c1-8-3-4-10(7-9(8)2)16-13(17)12-11(5-6-19-12)15-14(16)18/h3-7H,1-2H3,(H,15,18). The first-order chi connectivity index (χ1) is 9.08. The van der Waals surface area contributed by atoms with Gasteiger partial charge in [-0.3, -0.25) is 9.36 Å². The Balaban J connectivity index is 2.38. The molecular weight excluding hydrogens is 276 g/mol. The molecule has 19 heavy (non-hydrogen) atoms. The average Bonchev–Trinajstić information content (AvgIpc) is 2.82. The first kappa shape index (κ1) is 12.3. The third kappa shape index (κ3) is 1.95. The Morgan fingerprint density at radius 2 is 2.00 bits per heavy atom. The average molecular weight is 288 g/mol. The maximum atomic E-state index is 12.5. The number of nitrogens with one attached hydrogen (secondary N) is 1. The number of nitrogens with zero attached hydrogens (tertiary/aromatic N) is 1. The predicted octanol–water partition coefficient (Wildman–Crippen LogP) is 3.73. The number of aromatic nitrogens is 2. The van der Waals surface area contributed by atoms with Gasteiger partial charge in [0, 0.05) is 0 Å². The Kier molecular flexibility index (Phi) is 2.88. The molecule has 0 amide bonds. The van der Waals surface area contributed by atoms with Crippen LogP contribution in [0.5, 0.6) is 0 Å². The van der Waals surface area contributed by atoms with Gasteiger partial charge in [-0.25, -0.2) is 0 Å². The largest absolute Gasteiger partial charge is 0.331 e. The van der Waals surface area contributed by atoms with E-state index in [4.69, 9.17) is 12.2 Å². The summed E-state index contributed by atoms with van der Waals surface area (Å²) in [5, 5.41) is 1.89. The Hall–Kier alpha value is -1.72. The van der Waals surface area contributed by atoms with Crippen LogP contribution in [0.1, 0.15) is 11.1 Å². The third-order valence-electron chi connectivity index (χ3n) is 3.26. The summed E-state index contributed by atoms with van der Waals surface area (Å²) in [4.78, 5) is 15.6. The lowest BCUT2D eigenvalue weighted by atomic mass is 10.1. The number of aromatic amines is 1. The van der Waals surface area contributed by atoms with Gasteiger partial charge >= 0.3 is 0 Å². The number of thiophene rings is 1. The Labute approximate surface area is 119 Å². The molecule has 5 heteroatoms. The molecule has 2 aromatic heterocycles. The third-order valence-corrected chi connectivity index (χ3v) is 4.44. The highest BCUT2D eigenvalue weighted by Gasteiger charge is 2.09. The molecule has 0 radical (unpaired) electrons. The molecule has 0 saturated carbocycles. The van der Waals surface area contributed by atoms with Crippen molar-refractivity contribution in [3.63, 3.8) is 0 Å². The lowest BCUT2D eigenvalue weighted by molar-refractivity contribution is 0.940. The highest BCUT2D eigenvalue weighted by Crippen LogP contribution is 2.17. The van der Waals surface area contributed by atoms with E-state index in [2.05, 4.69) is 4.98 Å². The zero-order valence-electron chi connectivity index (χ0n) is 10.6. The quantitative estimate of drug-likeness (QED) is 0.693. The fourth-order valence-electron chi connectivity index (χ4n) is 2.04. The number of hydrogen-bond donors (Lipinski definition) is 1. The number of benzene rings is 1. The molecule has 1 N–H and O–H groups in total. The van der Waals surface area contributed by atoms with Crippen molar-refractivity contribution >= 4 is 33.8 Å². The maximum Gasteiger partial charge on any atom is 0.276 e. The van der Waals surface area contributed by atoms with E-state index in [9.17, 15) is 4.79 Å². The summed E-state index contributed by atoms with van der Waals surface area (Å²) in [6.45, 7) is 4.07. The molecule has 3 rings (SSSR count). The van der Waals surface area contributed by atoms with E-state index in [-0.39, 0.29) is 5.56 Å². The van der Waals surface area contributed by atoms with E-state index >= 15 is 0 Å². The monoisotopic (exact) mass is 288 g/mol. The fraction of sp³-hybridized carbons (Fsp3) is 0.143. The molecule has 0 aliphatic rings. The zero-order chi connectivity index (χ0) is 13.6. The Morgan fingerprint density at radius 1 is 1.21 bits per heavy atom. The van der Waals surface area contributed by atoms with Crippen molar-refractivity contribution in [1.82, 2.24) is 9.55 Å². The molecule has 3 aromatic rings. The summed E-state index contributed by atoms with van der Waals surface area (Å²) in [6.07, 6.45) is 0. The van der Waals surface area contributed by atoms with E-state index in [0.717, 1.165) is 16.8 Å². The van der Waals surface area contributed by atoms with Crippen LogP contribution in [0.2, 0.25) is 0 Å². The van der Waals surface area contributed by atoms with Crippen LogP contribution in [-0.4, -0.2) is 9.55 Å². The summed E-state index contributed by atoms with van der Waals surface area (Å²) >= 11 is 6.73. The van der Waals surface area contributed by atoms with Crippen LogP contribution < -0.4 is 5.56 Å². The van der Waals surface area contributed by atoms with E-state index in [1.807, 2.05) is 43.5 Å². The van der Waals surface area contributed by atoms with Crippen molar-refractivity contribution in [1.29, 1.82) is 0 Å². The van der Waals surface area contributed by atoms with Crippen LogP contribution in [0.15, 0.2) is 34.4 Å². The highest BCUT2D eigenvalue weighted by atomic mass is 32.1. The van der Waals surface area contributed by atoms with Gasteiger partial charge in [0.05, 0.1) is 11.2 Å². The molecule has 3 nitrogen and oxygen atoms in total. The first-order valence-electron chi connectivity index (χ1n) is 5.88. The van der Waals surface area contributed by atoms with Crippen LogP contribution in [-0.2, 0) is 0 Å². The molecule has 0 fully saturated rings. The molecule has 0 saturated heterocycles. The summed E-state index contributed by atoms with van der Waals surface area (Å²) in [5.74, 6) is 0. The second-order valence-electron chi connectivity index (χ2n) is 4.50. The SMILES string of the molecule is Cc1ccc(-n2c(=S)[nH]c3ccsc3c2=O)cc1C. The Bertz CT molecular complexity index is 886. The summed E-state index contributed by atoms with van der Waals surface area (Å²) in [5.41, 5.74) is 3.90. The summed E-state index contributed by atoms with van der Waals surface area (Å²) in [7, 11) is 0. The van der Waals surface area contributed by atoms with Crippen molar-refractivity contribution in [2.75, 3.05) is 0 Å². The maximum absolute atomic E-state index is 12.5. The molecule has 96 valence electrons. The van der Waals surface area contributed by atoms with Crippen molar-refractivity contribution in [3.05, 3.63) is 55.9 Å². The van der Waals surface area contributed by atoms with Gasteiger partial charge in [0.15, 0.2) is 4.77 Å². The van der Waals surface area contributed by atoms with Gasteiger partial charge in [-0.2, -0.15) is 0 Å². The minimum absolute atomic E-state index is 0.0583. The molecule has 0 unspecified atom stereocenters. The van der Waals surface area contributed by atoms with Gasteiger partial charge in [-0.15, -0.1) is 11.3 Å². The fourth-order valence-corrected chi connectivity index (χ4v) is 3.11. The predicted molar refractivity (Wildman–Crippen MR) is 82.1 cm³/mol. The summed E-state index contributed by atoms with van der Waals surface area (Å²) < 4.78 is 2.69. The minimum Gasteiger partial charge on any atom is -0.331 e. The van der Waals surface area contributed by atoms with Crippen LogP contribution >= 0.6 is 23.6 Å². The van der Waals surface area contributed by atoms with Crippen molar-refractivity contribution in [3.8, 4) is 5.69 Å². The van der Waals surface area contributed by atoms with Gasteiger partial charge in [0.25, 0.3) is 5.56 Å². The van der Waals surface area contributed by atoms with Crippen molar-refractivity contribution in [2.45, 2.75) is 13.8 Å². The van der Waals surface area contributed by atoms with E-state index in [1.54, 1.807) is 4.57 Å². The van der Waals surface area contributed by atoms with E-state index in [1.165, 1.54) is 16.9 Å². The topological polar surface area (TPSA) is 37.8 Å². The molecule has 0 aliphatic heterocycles. The molecule has 1 aromatic carbocycles. The van der Waals surface area contributed by atoms with E-state index in [0.29, 0.717) is 9.47 Å². The van der Waals surface area contributed by atoms with Crippen LogP contribution in [0, 0.1) is 18.6 Å². The van der Waals surface area contributed by atoms with Crippen molar-refractivity contribution < 1.29 is 0 Å². The van der Waals surface area contributed by atoms with Gasteiger partial charge in [-0.1, -0.05) is 6.07 Å². The van der Waals surface area contributed by atoms with Gasteiger partial charge in [0.1, 0.15) is 4.70 Å². The Morgan fingerprint density at radius 3 is 2.74 bits per heavy atom. The van der Waals surface area contributed by atoms with Gasteiger partial charge in [-0.05, 0) is 60.8 Å². The van der Waals surface area contributed by atoms with Crippen LogP contribution in [0.4, 0.5) is 0 Å². The number of H-pyrrole nitrogens is 1. The smallest absolute Gasteiger partial charge is 0.276 e. The van der Waals surface area contributed by atoms with E-state index < -0.39 is 0 Å². The van der Waals surface area contributed by atoms with Gasteiger partial charge < -0.3 is 4.98 Å². The van der Waals surface area contributed by atoms with Crippen LogP contribution in [0.25, 0.3) is 15.9 Å². The number of rotatable bonds is 1. The molecule has 0 atom stereocenters. The molecule has 2 heterocycles.